The topological polar surface area (TPSA) is 61.4 Å². The van der Waals surface area contributed by atoms with E-state index in [2.05, 4.69) is 155 Å². The molecule has 0 unspecified atom stereocenters. The summed E-state index contributed by atoms with van der Waals surface area (Å²) in [7, 11) is 0. The zero-order chi connectivity index (χ0) is 37.5. The average Bonchev–Trinajstić information content (AvgIpc) is 3.95. The maximum absolute atomic E-state index is 5.35. The summed E-state index contributed by atoms with van der Waals surface area (Å²) in [6, 6.07) is 61.5. The third-order valence-electron chi connectivity index (χ3n) is 11.0. The summed E-state index contributed by atoms with van der Waals surface area (Å²) in [5.74, 6) is 1.79. The van der Waals surface area contributed by atoms with Gasteiger partial charge in [-0.1, -0.05) is 140 Å². The van der Waals surface area contributed by atoms with E-state index in [1.807, 2.05) is 36.5 Å². The van der Waals surface area contributed by atoms with E-state index in [0.717, 1.165) is 64.8 Å². The van der Waals surface area contributed by atoms with Gasteiger partial charge in [-0.2, -0.15) is 9.97 Å². The lowest BCUT2D eigenvalue weighted by Crippen LogP contribution is -2.06. The molecule has 0 atom stereocenters. The Balaban J connectivity index is 1.24. The van der Waals surface area contributed by atoms with E-state index < -0.39 is 0 Å². The van der Waals surface area contributed by atoms with E-state index in [0.29, 0.717) is 17.6 Å². The predicted molar refractivity (Wildman–Crippen MR) is 235 cm³/mol. The average molecular weight is 747 g/mol. The van der Waals surface area contributed by atoms with Gasteiger partial charge in [0.25, 0.3) is 0 Å². The number of fused-ring (bicyclic) bond motifs is 12. The maximum atomic E-state index is 5.35. The Bertz CT molecular complexity index is 3500. The Morgan fingerprint density at radius 2 is 0.895 bits per heavy atom. The first-order valence-electron chi connectivity index (χ1n) is 19.0. The number of nitrogens with zero attached hydrogens (tertiary/aromatic N) is 6. The minimum absolute atomic E-state index is 0.565. The normalized spacial score (nSPS) is 11.9. The summed E-state index contributed by atoms with van der Waals surface area (Å²) in [6.07, 6.45) is 1.89. The van der Waals surface area contributed by atoms with Crippen molar-refractivity contribution in [2.45, 2.75) is 0 Å². The van der Waals surface area contributed by atoms with E-state index in [1.165, 1.54) is 27.1 Å². The standard InChI is InChI=1S/C50H30N6S/c1-4-15-31(16-5-1)32-26-28-34(29-27-32)48-52-47(33-17-6-2-7-18-33)53-50(54-48)56-40-25-13-11-22-37(40)42-41-36-21-10-12-24-39(36)55(35-19-8-3-9-20-35)44(41)43-38-23-14-30-51-49(38)57-46(43)45(42)56/h1-30H. The SMILES string of the molecule is c1ccc(-c2ccc(-c3nc(-c4ccccc4)nc(-n4c5ccccc5c5c6c7ccccc7n(-c7ccccc7)c6c6c7cccnc7sc6c54)n3)cc2)cc1. The van der Waals surface area contributed by atoms with Crippen LogP contribution in [0.3, 0.4) is 0 Å². The molecule has 0 aliphatic carbocycles. The van der Waals surface area contributed by atoms with E-state index in [4.69, 9.17) is 19.9 Å². The van der Waals surface area contributed by atoms with Crippen molar-refractivity contribution in [1.82, 2.24) is 29.1 Å². The van der Waals surface area contributed by atoms with Crippen LogP contribution in [0.1, 0.15) is 0 Å². The number of pyridine rings is 1. The Kier molecular flexibility index (Phi) is 7.00. The first-order chi connectivity index (χ1) is 28.3. The number of thiophene rings is 1. The molecule has 0 fully saturated rings. The fourth-order valence-electron chi connectivity index (χ4n) is 8.58. The molecule has 6 nitrogen and oxygen atoms in total. The maximum Gasteiger partial charge on any atom is 0.238 e. The van der Waals surface area contributed by atoms with E-state index in [9.17, 15) is 0 Å². The smallest absolute Gasteiger partial charge is 0.238 e. The first kappa shape index (κ1) is 31.8. The molecule has 0 amide bonds. The van der Waals surface area contributed by atoms with Gasteiger partial charge in [0.2, 0.25) is 5.95 Å². The second kappa shape index (κ2) is 12.5. The molecule has 266 valence electrons. The highest BCUT2D eigenvalue weighted by Crippen LogP contribution is 2.50. The van der Waals surface area contributed by atoms with Gasteiger partial charge >= 0.3 is 0 Å². The monoisotopic (exact) mass is 746 g/mol. The molecule has 7 heteroatoms. The van der Waals surface area contributed by atoms with Crippen LogP contribution in [0.15, 0.2) is 182 Å². The van der Waals surface area contributed by atoms with Crippen LogP contribution in [0, 0.1) is 0 Å². The summed E-state index contributed by atoms with van der Waals surface area (Å²) in [5, 5.41) is 6.99. The quantitative estimate of drug-likeness (QED) is 0.176. The molecular weight excluding hydrogens is 717 g/mol. The second-order valence-electron chi connectivity index (χ2n) is 14.2. The van der Waals surface area contributed by atoms with E-state index in [-0.39, 0.29) is 0 Å². The van der Waals surface area contributed by atoms with Crippen LogP contribution in [0.5, 0.6) is 0 Å². The Labute approximate surface area is 330 Å². The highest BCUT2D eigenvalue weighted by molar-refractivity contribution is 7.26. The molecule has 0 N–H and O–H groups in total. The number of para-hydroxylation sites is 3. The van der Waals surface area contributed by atoms with Gasteiger partial charge in [0.15, 0.2) is 11.6 Å². The second-order valence-corrected chi connectivity index (χ2v) is 15.2. The molecule has 5 heterocycles. The lowest BCUT2D eigenvalue weighted by molar-refractivity contribution is 0.955. The molecule has 12 rings (SSSR count). The number of aromatic nitrogens is 6. The molecule has 0 bridgehead atoms. The van der Waals surface area contributed by atoms with Crippen molar-refractivity contribution in [1.29, 1.82) is 0 Å². The van der Waals surface area contributed by atoms with Crippen molar-refractivity contribution >= 4 is 75.3 Å². The van der Waals surface area contributed by atoms with Gasteiger partial charge < -0.3 is 4.57 Å². The van der Waals surface area contributed by atoms with Crippen LogP contribution in [0.2, 0.25) is 0 Å². The fourth-order valence-corrected chi connectivity index (χ4v) is 9.76. The molecule has 57 heavy (non-hydrogen) atoms. The van der Waals surface area contributed by atoms with Gasteiger partial charge in [0.05, 0.1) is 26.8 Å². The van der Waals surface area contributed by atoms with Gasteiger partial charge in [-0.15, -0.1) is 11.3 Å². The minimum Gasteiger partial charge on any atom is -0.309 e. The van der Waals surface area contributed by atoms with Crippen molar-refractivity contribution in [3.8, 4) is 45.5 Å². The van der Waals surface area contributed by atoms with Gasteiger partial charge in [-0.05, 0) is 47.5 Å². The van der Waals surface area contributed by atoms with Gasteiger partial charge in [-0.3, -0.25) is 4.57 Å². The molecule has 0 saturated heterocycles. The van der Waals surface area contributed by atoms with Crippen molar-refractivity contribution in [3.05, 3.63) is 182 Å². The van der Waals surface area contributed by atoms with Crippen LogP contribution in [0.4, 0.5) is 0 Å². The van der Waals surface area contributed by atoms with Crippen LogP contribution < -0.4 is 0 Å². The molecule has 0 aliphatic heterocycles. The zero-order valence-corrected chi connectivity index (χ0v) is 31.2. The number of benzene rings is 7. The number of hydrogen-bond donors (Lipinski definition) is 0. The Morgan fingerprint density at radius 3 is 1.58 bits per heavy atom. The molecule has 12 aromatic rings. The Hall–Kier alpha value is -7.48. The molecule has 0 radical (unpaired) electrons. The largest absolute Gasteiger partial charge is 0.309 e. The summed E-state index contributed by atoms with van der Waals surface area (Å²) in [6.45, 7) is 0. The molecule has 0 saturated carbocycles. The highest BCUT2D eigenvalue weighted by atomic mass is 32.1. The third-order valence-corrected chi connectivity index (χ3v) is 12.2. The van der Waals surface area contributed by atoms with Gasteiger partial charge in [-0.25, -0.2) is 9.97 Å². The Morgan fingerprint density at radius 1 is 0.386 bits per heavy atom. The van der Waals surface area contributed by atoms with Crippen LogP contribution >= 0.6 is 11.3 Å². The number of hydrogen-bond acceptors (Lipinski definition) is 5. The molecule has 5 aromatic heterocycles. The zero-order valence-electron chi connectivity index (χ0n) is 30.4. The summed E-state index contributed by atoms with van der Waals surface area (Å²) < 4.78 is 5.84. The number of rotatable bonds is 5. The van der Waals surface area contributed by atoms with Crippen molar-refractivity contribution in [3.63, 3.8) is 0 Å². The van der Waals surface area contributed by atoms with Gasteiger partial charge in [0.1, 0.15) is 4.83 Å². The lowest BCUT2D eigenvalue weighted by atomic mass is 10.0. The van der Waals surface area contributed by atoms with Crippen molar-refractivity contribution in [2.24, 2.45) is 0 Å². The van der Waals surface area contributed by atoms with Gasteiger partial charge in [0, 0.05) is 55.3 Å². The fraction of sp³-hybridized carbons (Fsp3) is 0. The summed E-state index contributed by atoms with van der Waals surface area (Å²) in [4.78, 5) is 21.7. The summed E-state index contributed by atoms with van der Waals surface area (Å²) >= 11 is 1.73. The van der Waals surface area contributed by atoms with E-state index in [1.54, 1.807) is 11.3 Å². The van der Waals surface area contributed by atoms with Crippen LogP contribution in [0.25, 0.3) is 109 Å². The minimum atomic E-state index is 0.565. The van der Waals surface area contributed by atoms with Crippen LogP contribution in [-0.2, 0) is 0 Å². The van der Waals surface area contributed by atoms with Crippen molar-refractivity contribution < 1.29 is 0 Å². The van der Waals surface area contributed by atoms with Crippen LogP contribution in [-0.4, -0.2) is 29.1 Å². The molecular formula is C50H30N6S. The first-order valence-corrected chi connectivity index (χ1v) is 19.8. The molecule has 0 spiro atoms. The van der Waals surface area contributed by atoms with Crippen molar-refractivity contribution in [2.75, 3.05) is 0 Å². The summed E-state index contributed by atoms with van der Waals surface area (Å²) in [5.41, 5.74) is 9.68. The molecule has 0 aliphatic rings. The third kappa shape index (κ3) is 4.83. The molecule has 7 aromatic carbocycles. The lowest BCUT2D eigenvalue weighted by Gasteiger charge is -2.12. The predicted octanol–water partition coefficient (Wildman–Crippen LogP) is 12.8. The highest BCUT2D eigenvalue weighted by Gasteiger charge is 2.28. The van der Waals surface area contributed by atoms with E-state index >= 15 is 0 Å².